The number of sulfonamides is 1. The molecular weight excluding hydrogens is 358 g/mol. The molecule has 3 aromatic carbocycles. The average Bonchev–Trinajstić information content (AvgIpc) is 2.81. The van der Waals surface area contributed by atoms with Gasteiger partial charge in [0.25, 0.3) is 0 Å². The number of anilines is 1. The zero-order chi connectivity index (χ0) is 18.9. The fourth-order valence-electron chi connectivity index (χ4n) is 3.17. The largest absolute Gasteiger partial charge is 0.488 e. The van der Waals surface area contributed by atoms with Crippen molar-refractivity contribution in [1.29, 1.82) is 0 Å². The first-order valence-electron chi connectivity index (χ1n) is 8.59. The van der Waals surface area contributed by atoms with Crippen LogP contribution in [-0.4, -0.2) is 14.7 Å². The van der Waals surface area contributed by atoms with Crippen LogP contribution in [0.25, 0.3) is 12.2 Å². The lowest BCUT2D eigenvalue weighted by Crippen LogP contribution is -2.25. The Bertz CT molecular complexity index is 1230. The van der Waals surface area contributed by atoms with Crippen molar-refractivity contribution in [2.75, 3.05) is 11.0 Å². The van der Waals surface area contributed by atoms with Crippen LogP contribution in [0.15, 0.2) is 66.7 Å². The van der Waals surface area contributed by atoms with Crippen LogP contribution in [0.2, 0.25) is 0 Å². The molecule has 0 saturated carbocycles. The van der Waals surface area contributed by atoms with Crippen LogP contribution in [0.4, 0.5) is 5.69 Å². The maximum absolute atomic E-state index is 11.5. The third-order valence-electron chi connectivity index (χ3n) is 4.35. The van der Waals surface area contributed by atoms with Crippen molar-refractivity contribution in [2.24, 2.45) is 0 Å². The van der Waals surface area contributed by atoms with Crippen molar-refractivity contribution in [3.05, 3.63) is 93.9 Å². The second-order valence-electron chi connectivity index (χ2n) is 6.53. The standard InChI is InChI=1S/C22H19NO3S/c1-27(24,25)23-20-10-4-6-16(13-20)12-18-9-5-11-22-21(18)14-17-7-2-3-8-19(17)15-26-22/h2-14,23H,15H2,1H3. The monoisotopic (exact) mass is 377 g/mol. The van der Waals surface area contributed by atoms with Gasteiger partial charge in [0, 0.05) is 10.9 Å². The van der Waals surface area contributed by atoms with E-state index in [9.17, 15) is 8.42 Å². The number of rotatable bonds is 3. The van der Waals surface area contributed by atoms with Crippen molar-refractivity contribution in [1.82, 2.24) is 0 Å². The van der Waals surface area contributed by atoms with Crippen molar-refractivity contribution < 1.29 is 13.2 Å². The number of ether oxygens (including phenoxy) is 1. The van der Waals surface area contributed by atoms with E-state index in [1.54, 1.807) is 6.07 Å². The Morgan fingerprint density at radius 1 is 1.00 bits per heavy atom. The summed E-state index contributed by atoms with van der Waals surface area (Å²) in [7, 11) is -3.31. The van der Waals surface area contributed by atoms with Crippen LogP contribution in [0.5, 0.6) is 5.75 Å². The summed E-state index contributed by atoms with van der Waals surface area (Å²) >= 11 is 0. The first kappa shape index (κ1) is 17.4. The zero-order valence-corrected chi connectivity index (χ0v) is 15.7. The Balaban J connectivity index is 1.86. The Hall–Kier alpha value is -3.05. The van der Waals surface area contributed by atoms with Crippen LogP contribution in [-0.2, 0) is 16.6 Å². The molecule has 27 heavy (non-hydrogen) atoms. The third kappa shape index (κ3) is 4.04. The SMILES string of the molecule is CS(=O)(=O)Nc1cccc(C=c2cccc3c2=Cc2ccccc2CO3)c1. The summed E-state index contributed by atoms with van der Waals surface area (Å²) < 4.78 is 31.5. The molecule has 1 heterocycles. The molecule has 0 amide bonds. The summed E-state index contributed by atoms with van der Waals surface area (Å²) in [6, 6.07) is 21.5. The first-order valence-corrected chi connectivity index (χ1v) is 10.5. The van der Waals surface area contributed by atoms with Crippen LogP contribution in [0.1, 0.15) is 16.7 Å². The predicted octanol–water partition coefficient (Wildman–Crippen LogP) is 2.61. The molecule has 1 aliphatic heterocycles. The van der Waals surface area contributed by atoms with Crippen molar-refractivity contribution in [3.63, 3.8) is 0 Å². The van der Waals surface area contributed by atoms with Crippen molar-refractivity contribution >= 4 is 27.9 Å². The molecule has 0 aliphatic carbocycles. The van der Waals surface area contributed by atoms with Gasteiger partial charge < -0.3 is 4.74 Å². The van der Waals surface area contributed by atoms with E-state index in [2.05, 4.69) is 22.9 Å². The molecule has 1 aliphatic rings. The minimum Gasteiger partial charge on any atom is -0.488 e. The van der Waals surface area contributed by atoms with Crippen molar-refractivity contribution in [3.8, 4) is 5.75 Å². The topological polar surface area (TPSA) is 55.4 Å². The smallest absolute Gasteiger partial charge is 0.229 e. The summed E-state index contributed by atoms with van der Waals surface area (Å²) in [6.07, 6.45) is 5.31. The Kier molecular flexibility index (Phi) is 4.46. The molecule has 0 fully saturated rings. The van der Waals surface area contributed by atoms with E-state index in [0.29, 0.717) is 12.3 Å². The molecule has 0 atom stereocenters. The van der Waals surface area contributed by atoms with E-state index in [0.717, 1.165) is 39.1 Å². The Morgan fingerprint density at radius 2 is 1.81 bits per heavy atom. The fraction of sp³-hybridized carbons (Fsp3) is 0.0909. The third-order valence-corrected chi connectivity index (χ3v) is 4.96. The molecule has 0 spiro atoms. The molecule has 3 aromatic rings. The van der Waals surface area contributed by atoms with Crippen LogP contribution < -0.4 is 19.9 Å². The lowest BCUT2D eigenvalue weighted by Gasteiger charge is -2.06. The van der Waals surface area contributed by atoms with Crippen molar-refractivity contribution in [2.45, 2.75) is 6.61 Å². The van der Waals surface area contributed by atoms with E-state index in [-0.39, 0.29) is 0 Å². The molecule has 0 unspecified atom stereocenters. The second-order valence-corrected chi connectivity index (χ2v) is 8.28. The Labute approximate surface area is 158 Å². The average molecular weight is 377 g/mol. The highest BCUT2D eigenvalue weighted by Crippen LogP contribution is 2.17. The van der Waals surface area contributed by atoms with Gasteiger partial charge in [-0.2, -0.15) is 0 Å². The lowest BCUT2D eigenvalue weighted by molar-refractivity contribution is 0.305. The minimum atomic E-state index is -3.31. The molecular formula is C22H19NO3S. The first-order chi connectivity index (χ1) is 13.0. The van der Waals surface area contributed by atoms with Gasteiger partial charge in [0.1, 0.15) is 12.4 Å². The summed E-state index contributed by atoms with van der Waals surface area (Å²) in [6.45, 7) is 0.539. The number of hydrogen-bond donors (Lipinski definition) is 1. The van der Waals surface area contributed by atoms with E-state index >= 15 is 0 Å². The van der Waals surface area contributed by atoms with E-state index in [1.807, 2.05) is 54.6 Å². The Morgan fingerprint density at radius 3 is 2.67 bits per heavy atom. The maximum Gasteiger partial charge on any atom is 0.229 e. The van der Waals surface area contributed by atoms with Gasteiger partial charge in [-0.25, -0.2) is 8.42 Å². The highest BCUT2D eigenvalue weighted by Gasteiger charge is 2.08. The molecule has 5 heteroatoms. The summed E-state index contributed by atoms with van der Waals surface area (Å²) in [5, 5.41) is 2.03. The van der Waals surface area contributed by atoms with E-state index in [4.69, 9.17) is 4.74 Å². The summed E-state index contributed by atoms with van der Waals surface area (Å²) in [5.74, 6) is 0.838. The summed E-state index contributed by atoms with van der Waals surface area (Å²) in [5.41, 5.74) is 3.74. The zero-order valence-electron chi connectivity index (χ0n) is 14.8. The molecule has 0 bridgehead atoms. The highest BCUT2D eigenvalue weighted by atomic mass is 32.2. The van der Waals surface area contributed by atoms with E-state index in [1.165, 1.54) is 0 Å². The predicted molar refractivity (Wildman–Crippen MR) is 109 cm³/mol. The number of hydrogen-bond acceptors (Lipinski definition) is 3. The number of benzene rings is 3. The second kappa shape index (κ2) is 6.93. The van der Waals surface area contributed by atoms with E-state index < -0.39 is 10.0 Å². The minimum absolute atomic E-state index is 0.539. The number of nitrogens with one attached hydrogen (secondary N) is 1. The molecule has 1 N–H and O–H groups in total. The lowest BCUT2D eigenvalue weighted by atomic mass is 10.1. The highest BCUT2D eigenvalue weighted by molar-refractivity contribution is 7.92. The maximum atomic E-state index is 11.5. The van der Waals surface area contributed by atoms with Gasteiger partial charge in [0.15, 0.2) is 0 Å². The molecule has 136 valence electrons. The van der Waals surface area contributed by atoms with Gasteiger partial charge >= 0.3 is 0 Å². The van der Waals surface area contributed by atoms with Crippen LogP contribution in [0.3, 0.4) is 0 Å². The molecule has 0 radical (unpaired) electrons. The summed E-state index contributed by atoms with van der Waals surface area (Å²) in [4.78, 5) is 0. The quantitative estimate of drug-likeness (QED) is 0.763. The molecule has 4 rings (SSSR count). The molecule has 4 nitrogen and oxygen atoms in total. The van der Waals surface area contributed by atoms with Gasteiger partial charge in [0.2, 0.25) is 10.0 Å². The van der Waals surface area contributed by atoms with Gasteiger partial charge in [0.05, 0.1) is 6.26 Å². The number of fused-ring (bicyclic) bond motifs is 2. The van der Waals surface area contributed by atoms with Crippen LogP contribution in [0, 0.1) is 0 Å². The fourth-order valence-corrected chi connectivity index (χ4v) is 3.73. The molecule has 0 saturated heterocycles. The van der Waals surface area contributed by atoms with Crippen LogP contribution >= 0.6 is 0 Å². The van der Waals surface area contributed by atoms with Gasteiger partial charge in [-0.15, -0.1) is 0 Å². The van der Waals surface area contributed by atoms with Gasteiger partial charge in [-0.3, -0.25) is 4.72 Å². The molecule has 0 aromatic heterocycles. The van der Waals surface area contributed by atoms with Gasteiger partial charge in [-0.1, -0.05) is 48.5 Å². The van der Waals surface area contributed by atoms with Gasteiger partial charge in [-0.05, 0) is 52.3 Å². The normalized spacial score (nSPS) is 13.6.